The van der Waals surface area contributed by atoms with Crippen LogP contribution >= 0.6 is 11.6 Å². The number of carboxylic acids is 1. The highest BCUT2D eigenvalue weighted by atomic mass is 35.5. The average molecular weight is 354 g/mol. The van der Waals surface area contributed by atoms with Crippen LogP contribution in [0.3, 0.4) is 0 Å². The number of ether oxygens (including phenoxy) is 1. The largest absolute Gasteiger partial charge is 0.491 e. The predicted molar refractivity (Wildman–Crippen MR) is 78.6 cm³/mol. The van der Waals surface area contributed by atoms with Crippen LogP contribution in [-0.2, 0) is 4.79 Å². The van der Waals surface area contributed by atoms with E-state index in [2.05, 4.69) is 10.2 Å². The number of hydrogen-bond donors (Lipinski definition) is 3. The van der Waals surface area contributed by atoms with Gasteiger partial charge in [-0.3, -0.25) is 5.10 Å². The molecule has 6 nitrogen and oxygen atoms in total. The third kappa shape index (κ3) is 4.73. The zero-order chi connectivity index (χ0) is 17.8. The highest BCUT2D eigenvalue weighted by Gasteiger charge is 2.38. The van der Waals surface area contributed by atoms with E-state index in [4.69, 9.17) is 32.0 Å². The zero-order valence-electron chi connectivity index (χ0n) is 12.2. The average Bonchev–Trinajstić information content (AvgIpc) is 2.91. The minimum Gasteiger partial charge on any atom is -0.491 e. The molecule has 2 aromatic rings. The SMILES string of the molecule is CCOc1c(C(C)N)cc(Cl)c2cn[nH]c12.O=C(O)C(F)(F)F. The van der Waals surface area contributed by atoms with E-state index in [1.165, 1.54) is 0 Å². The Bertz CT molecular complexity index is 686. The van der Waals surface area contributed by atoms with Crippen molar-refractivity contribution in [2.75, 3.05) is 6.61 Å². The molecule has 1 atom stereocenters. The van der Waals surface area contributed by atoms with Crippen molar-refractivity contribution in [3.63, 3.8) is 0 Å². The third-order valence-electron chi connectivity index (χ3n) is 2.69. The van der Waals surface area contributed by atoms with E-state index in [1.54, 1.807) is 6.20 Å². The molecule has 4 N–H and O–H groups in total. The van der Waals surface area contributed by atoms with Gasteiger partial charge >= 0.3 is 12.1 Å². The molecule has 0 aliphatic heterocycles. The van der Waals surface area contributed by atoms with Crippen LogP contribution in [0, 0.1) is 0 Å². The number of nitrogens with zero attached hydrogens (tertiary/aromatic N) is 1. The molecule has 0 saturated carbocycles. The summed E-state index contributed by atoms with van der Waals surface area (Å²) in [5.41, 5.74) is 7.60. The van der Waals surface area contributed by atoms with Crippen LogP contribution < -0.4 is 10.5 Å². The van der Waals surface area contributed by atoms with E-state index in [0.29, 0.717) is 11.6 Å². The summed E-state index contributed by atoms with van der Waals surface area (Å²) in [5.74, 6) is -2.01. The number of H-pyrrole nitrogens is 1. The molecule has 1 heterocycles. The van der Waals surface area contributed by atoms with E-state index >= 15 is 0 Å². The van der Waals surface area contributed by atoms with Crippen molar-refractivity contribution in [3.8, 4) is 5.75 Å². The van der Waals surface area contributed by atoms with Gasteiger partial charge < -0.3 is 15.6 Å². The second kappa shape index (κ2) is 7.51. The second-order valence-corrected chi connectivity index (χ2v) is 4.87. The van der Waals surface area contributed by atoms with E-state index < -0.39 is 12.1 Å². The molecule has 0 aliphatic rings. The Labute approximate surface area is 134 Å². The molecule has 10 heteroatoms. The Morgan fingerprint density at radius 2 is 2.13 bits per heavy atom. The fourth-order valence-electron chi connectivity index (χ4n) is 1.70. The summed E-state index contributed by atoms with van der Waals surface area (Å²) in [6.07, 6.45) is -3.40. The van der Waals surface area contributed by atoms with Gasteiger partial charge in [-0.2, -0.15) is 18.3 Å². The van der Waals surface area contributed by atoms with Gasteiger partial charge in [-0.25, -0.2) is 4.79 Å². The third-order valence-corrected chi connectivity index (χ3v) is 3.00. The number of alkyl halides is 3. The summed E-state index contributed by atoms with van der Waals surface area (Å²) >= 11 is 6.15. The predicted octanol–water partition coefficient (Wildman–Crippen LogP) is 3.27. The van der Waals surface area contributed by atoms with Crippen LogP contribution in [0.5, 0.6) is 5.75 Å². The standard InChI is InChI=1S/C11H14ClN3O.C2HF3O2/c1-3-16-11-7(6(2)13)4-9(12)8-5-14-15-10(8)11;3-2(4,5)1(6)7/h4-6H,3,13H2,1-2H3,(H,14,15);(H,6,7). The monoisotopic (exact) mass is 353 g/mol. The Kier molecular flexibility index (Phi) is 6.22. The van der Waals surface area contributed by atoms with Crippen LogP contribution in [0.2, 0.25) is 5.02 Å². The van der Waals surface area contributed by atoms with Gasteiger partial charge in [0.15, 0.2) is 0 Å². The highest BCUT2D eigenvalue weighted by molar-refractivity contribution is 6.35. The van der Waals surface area contributed by atoms with Crippen LogP contribution in [0.4, 0.5) is 13.2 Å². The molecule has 0 aliphatic carbocycles. The topological polar surface area (TPSA) is 101 Å². The number of nitrogens with two attached hydrogens (primary N) is 1. The van der Waals surface area contributed by atoms with E-state index in [9.17, 15) is 13.2 Å². The smallest absolute Gasteiger partial charge is 0.490 e. The second-order valence-electron chi connectivity index (χ2n) is 4.46. The van der Waals surface area contributed by atoms with Crippen LogP contribution in [0.15, 0.2) is 12.3 Å². The number of hydrogen-bond acceptors (Lipinski definition) is 4. The molecule has 23 heavy (non-hydrogen) atoms. The fraction of sp³-hybridized carbons (Fsp3) is 0.385. The van der Waals surface area contributed by atoms with Gasteiger partial charge in [-0.15, -0.1) is 0 Å². The number of nitrogens with one attached hydrogen (secondary N) is 1. The molecule has 128 valence electrons. The number of carbonyl (C=O) groups is 1. The Morgan fingerprint density at radius 1 is 1.57 bits per heavy atom. The number of benzene rings is 1. The van der Waals surface area contributed by atoms with Crippen molar-refractivity contribution in [2.45, 2.75) is 26.1 Å². The van der Waals surface area contributed by atoms with Gasteiger partial charge in [0.25, 0.3) is 0 Å². The maximum atomic E-state index is 10.6. The Hall–Kier alpha value is -2.00. The van der Waals surface area contributed by atoms with E-state index in [0.717, 1.165) is 22.2 Å². The van der Waals surface area contributed by atoms with Crippen molar-refractivity contribution in [3.05, 3.63) is 22.8 Å². The molecular weight excluding hydrogens is 339 g/mol. The molecule has 0 fully saturated rings. The molecular formula is C13H15ClF3N3O3. The summed E-state index contributed by atoms with van der Waals surface area (Å²) in [6, 6.07) is 1.71. The lowest BCUT2D eigenvalue weighted by Crippen LogP contribution is -2.21. The quantitative estimate of drug-likeness (QED) is 0.786. The highest BCUT2D eigenvalue weighted by Crippen LogP contribution is 2.36. The molecule has 1 unspecified atom stereocenters. The Morgan fingerprint density at radius 3 is 2.57 bits per heavy atom. The maximum Gasteiger partial charge on any atom is 0.490 e. The van der Waals surface area contributed by atoms with Crippen molar-refractivity contribution >= 4 is 28.5 Å². The van der Waals surface area contributed by atoms with E-state index in [1.807, 2.05) is 19.9 Å². The minimum absolute atomic E-state index is 0.133. The zero-order valence-corrected chi connectivity index (χ0v) is 13.0. The molecule has 0 spiro atoms. The van der Waals surface area contributed by atoms with Gasteiger partial charge in [0.05, 0.1) is 17.8 Å². The fourth-order valence-corrected chi connectivity index (χ4v) is 1.96. The van der Waals surface area contributed by atoms with Gasteiger partial charge in [-0.1, -0.05) is 11.6 Å². The first-order valence-corrected chi connectivity index (χ1v) is 6.81. The summed E-state index contributed by atoms with van der Waals surface area (Å²) in [5, 5.41) is 15.5. The number of fused-ring (bicyclic) bond motifs is 1. The Balaban J connectivity index is 0.000000322. The number of carboxylic acid groups (broad SMARTS) is 1. The van der Waals surface area contributed by atoms with Crippen molar-refractivity contribution in [1.82, 2.24) is 10.2 Å². The number of aromatic nitrogens is 2. The van der Waals surface area contributed by atoms with Crippen molar-refractivity contribution in [1.29, 1.82) is 0 Å². The number of aromatic amines is 1. The van der Waals surface area contributed by atoms with Gasteiger partial charge in [0, 0.05) is 17.0 Å². The summed E-state index contributed by atoms with van der Waals surface area (Å²) in [7, 11) is 0. The lowest BCUT2D eigenvalue weighted by Gasteiger charge is -2.14. The molecule has 0 bridgehead atoms. The van der Waals surface area contributed by atoms with Gasteiger partial charge in [0.1, 0.15) is 11.3 Å². The first-order valence-electron chi connectivity index (χ1n) is 6.43. The minimum atomic E-state index is -5.08. The number of rotatable bonds is 3. The van der Waals surface area contributed by atoms with Gasteiger partial charge in [-0.05, 0) is 19.9 Å². The van der Waals surface area contributed by atoms with Crippen LogP contribution in [0.1, 0.15) is 25.5 Å². The summed E-state index contributed by atoms with van der Waals surface area (Å²) in [4.78, 5) is 8.90. The normalized spacial score (nSPS) is 12.5. The number of aliphatic carboxylic acids is 1. The summed E-state index contributed by atoms with van der Waals surface area (Å²) < 4.78 is 37.4. The molecule has 1 aromatic heterocycles. The molecule has 0 saturated heterocycles. The first kappa shape index (κ1) is 19.0. The molecule has 0 radical (unpaired) electrons. The molecule has 2 rings (SSSR count). The van der Waals surface area contributed by atoms with Crippen LogP contribution in [0.25, 0.3) is 10.9 Å². The summed E-state index contributed by atoms with van der Waals surface area (Å²) in [6.45, 7) is 4.41. The number of halogens is 4. The molecule has 0 amide bonds. The molecule has 1 aromatic carbocycles. The lowest BCUT2D eigenvalue weighted by atomic mass is 10.1. The van der Waals surface area contributed by atoms with Crippen molar-refractivity contribution in [2.24, 2.45) is 5.73 Å². The van der Waals surface area contributed by atoms with Crippen molar-refractivity contribution < 1.29 is 27.8 Å². The first-order chi connectivity index (χ1) is 10.6. The lowest BCUT2D eigenvalue weighted by molar-refractivity contribution is -0.192. The maximum absolute atomic E-state index is 10.6. The van der Waals surface area contributed by atoms with Gasteiger partial charge in [0.2, 0.25) is 0 Å². The van der Waals surface area contributed by atoms with E-state index in [-0.39, 0.29) is 6.04 Å². The van der Waals surface area contributed by atoms with Crippen LogP contribution in [-0.4, -0.2) is 34.1 Å².